The van der Waals surface area contributed by atoms with Crippen LogP contribution in [0.25, 0.3) is 21.5 Å². The highest BCUT2D eigenvalue weighted by Crippen LogP contribution is 2.29. The van der Waals surface area contributed by atoms with E-state index in [0.717, 1.165) is 0 Å². The molecule has 1 heteroatoms. The van der Waals surface area contributed by atoms with Gasteiger partial charge in [0.2, 0.25) is 0 Å². The molecule has 0 nitrogen and oxygen atoms in total. The van der Waals surface area contributed by atoms with Crippen LogP contribution in [0.4, 0.5) is 0 Å². The number of hydrogen-bond acceptors (Lipinski definition) is 0. The molecule has 0 N–H and O–H groups in total. The van der Waals surface area contributed by atoms with Gasteiger partial charge in [-0.2, -0.15) is 0 Å². The third kappa shape index (κ3) is 5.67. The average Bonchev–Trinajstić information content (AvgIpc) is 2.85. The molecule has 0 aliphatic heterocycles. The van der Waals surface area contributed by atoms with Crippen LogP contribution in [-0.4, -0.2) is 0 Å². The van der Waals surface area contributed by atoms with Crippen molar-refractivity contribution in [1.82, 2.24) is 0 Å². The molecule has 1 unspecified atom stereocenters. The predicted molar refractivity (Wildman–Crippen MR) is 151 cm³/mol. The molecule has 4 aromatic carbocycles. The summed E-state index contributed by atoms with van der Waals surface area (Å²) in [5, 5.41) is 8.51. The fourth-order valence-electron chi connectivity index (χ4n) is 4.99. The lowest BCUT2D eigenvalue weighted by molar-refractivity contribution is 0.737. The second kappa shape index (κ2) is 11.8. The van der Waals surface area contributed by atoms with Crippen LogP contribution in [0, 0.1) is 0 Å². The molecule has 0 bridgehead atoms. The highest BCUT2D eigenvalue weighted by Gasteiger charge is 2.15. The first-order valence-electron chi connectivity index (χ1n) is 13.1. The molecule has 0 radical (unpaired) electrons. The van der Waals surface area contributed by atoms with Crippen molar-refractivity contribution in [3.8, 4) is 0 Å². The Bertz CT molecular complexity index is 1200. The first-order chi connectivity index (χ1) is 16.2. The summed E-state index contributed by atoms with van der Waals surface area (Å²) in [6.45, 7) is 6.96. The maximum Gasteiger partial charge on any atom is -0.00999 e. The minimum absolute atomic E-state index is 0.712. The van der Waals surface area contributed by atoms with E-state index in [1.54, 1.807) is 22.0 Å². The molecule has 0 aliphatic rings. The van der Waals surface area contributed by atoms with Crippen LogP contribution in [0.2, 0.25) is 0 Å². The second-order valence-electron chi connectivity index (χ2n) is 9.39. The third-order valence-corrected chi connectivity index (χ3v) is 8.35. The van der Waals surface area contributed by atoms with E-state index in [9.17, 15) is 0 Å². The van der Waals surface area contributed by atoms with Crippen molar-refractivity contribution >= 4 is 40.7 Å². The molecule has 0 saturated heterocycles. The van der Waals surface area contributed by atoms with Gasteiger partial charge in [-0.1, -0.05) is 103 Å². The molecule has 0 aromatic heterocycles. The Kier molecular flexibility index (Phi) is 8.57. The number of fused-ring (bicyclic) bond motifs is 2. The Hall–Kier alpha value is -2.17. The summed E-state index contributed by atoms with van der Waals surface area (Å²) < 4.78 is 0. The maximum absolute atomic E-state index is 2.48. The zero-order chi connectivity index (χ0) is 23.0. The monoisotopic (exact) mass is 454 g/mol. The fourth-order valence-corrected chi connectivity index (χ4v) is 6.40. The Morgan fingerprint density at radius 2 is 1.18 bits per heavy atom. The molecule has 0 aliphatic carbocycles. The smallest absolute Gasteiger partial charge is 0.00999 e. The summed E-state index contributed by atoms with van der Waals surface area (Å²) in [4.78, 5) is 0. The SMILES string of the molecule is CCCCc1ccc(Pc2cccc3cc4ccccc4cc23)c(CCCC)c1CCCC. The molecule has 0 heterocycles. The molecule has 0 amide bonds. The topological polar surface area (TPSA) is 0 Å². The van der Waals surface area contributed by atoms with Gasteiger partial charge in [0.15, 0.2) is 0 Å². The summed E-state index contributed by atoms with van der Waals surface area (Å²) in [7, 11) is 0.712. The van der Waals surface area contributed by atoms with Crippen LogP contribution in [0.15, 0.2) is 66.7 Å². The first-order valence-corrected chi connectivity index (χ1v) is 14.1. The minimum atomic E-state index is 0.712. The highest BCUT2D eigenvalue weighted by molar-refractivity contribution is 7.56. The van der Waals surface area contributed by atoms with Gasteiger partial charge in [0, 0.05) is 0 Å². The van der Waals surface area contributed by atoms with Crippen molar-refractivity contribution in [2.24, 2.45) is 0 Å². The largest absolute Gasteiger partial charge is 0.0654 e. The molecule has 0 saturated carbocycles. The standard InChI is InChI=1S/C32H39P/c1-4-7-13-24-20-21-32(29(18-9-6-3)28(24)17-8-5-2)33-31-19-12-16-27-22-25-14-10-11-15-26(25)23-30(27)31/h10-12,14-16,19-23,33H,4-9,13,17-18H2,1-3H3. The van der Waals surface area contributed by atoms with Gasteiger partial charge in [0.1, 0.15) is 0 Å². The third-order valence-electron chi connectivity index (χ3n) is 6.90. The van der Waals surface area contributed by atoms with E-state index in [-0.39, 0.29) is 0 Å². The van der Waals surface area contributed by atoms with E-state index in [0.29, 0.717) is 8.58 Å². The van der Waals surface area contributed by atoms with Crippen LogP contribution in [0.1, 0.15) is 76.0 Å². The van der Waals surface area contributed by atoms with Gasteiger partial charge < -0.3 is 0 Å². The van der Waals surface area contributed by atoms with Crippen LogP contribution in [0.3, 0.4) is 0 Å². The van der Waals surface area contributed by atoms with Crippen LogP contribution >= 0.6 is 8.58 Å². The maximum atomic E-state index is 2.48. The average molecular weight is 455 g/mol. The van der Waals surface area contributed by atoms with Gasteiger partial charge in [-0.05, 0) is 99.5 Å². The number of benzene rings is 4. The first kappa shape index (κ1) is 24.0. The van der Waals surface area contributed by atoms with Crippen molar-refractivity contribution in [2.45, 2.75) is 78.6 Å². The van der Waals surface area contributed by atoms with E-state index in [4.69, 9.17) is 0 Å². The summed E-state index contributed by atoms with van der Waals surface area (Å²) in [5.41, 5.74) is 4.98. The Labute approximate surface area is 202 Å². The van der Waals surface area contributed by atoms with E-state index in [1.165, 1.54) is 84.6 Å². The summed E-state index contributed by atoms with van der Waals surface area (Å²) in [6.07, 6.45) is 11.4. The van der Waals surface area contributed by atoms with Gasteiger partial charge in [-0.15, -0.1) is 0 Å². The molecular weight excluding hydrogens is 415 g/mol. The van der Waals surface area contributed by atoms with Gasteiger partial charge in [-0.3, -0.25) is 0 Å². The number of rotatable bonds is 11. The van der Waals surface area contributed by atoms with Gasteiger partial charge in [0.25, 0.3) is 0 Å². The van der Waals surface area contributed by atoms with Crippen molar-refractivity contribution in [3.05, 3.63) is 83.4 Å². The zero-order valence-corrected chi connectivity index (χ0v) is 21.7. The molecule has 4 aromatic rings. The van der Waals surface area contributed by atoms with Crippen molar-refractivity contribution in [2.75, 3.05) is 0 Å². The molecule has 0 fully saturated rings. The van der Waals surface area contributed by atoms with Gasteiger partial charge in [-0.25, -0.2) is 0 Å². The van der Waals surface area contributed by atoms with E-state index >= 15 is 0 Å². The normalized spacial score (nSPS) is 11.8. The molecule has 0 spiro atoms. The Morgan fingerprint density at radius 1 is 0.545 bits per heavy atom. The van der Waals surface area contributed by atoms with Gasteiger partial charge >= 0.3 is 0 Å². The molecule has 1 atom stereocenters. The Balaban J connectivity index is 1.79. The molecular formula is C32H39P. The Morgan fingerprint density at radius 3 is 1.91 bits per heavy atom. The summed E-state index contributed by atoms with van der Waals surface area (Å²) in [5.74, 6) is 0. The second-order valence-corrected chi connectivity index (χ2v) is 10.7. The number of unbranched alkanes of at least 4 members (excludes halogenated alkanes) is 3. The highest BCUT2D eigenvalue weighted by atomic mass is 31.1. The number of hydrogen-bond donors (Lipinski definition) is 0. The predicted octanol–water partition coefficient (Wildman–Crippen LogP) is 8.65. The van der Waals surface area contributed by atoms with Crippen LogP contribution in [0.5, 0.6) is 0 Å². The summed E-state index contributed by atoms with van der Waals surface area (Å²) in [6, 6.07) is 25.3. The van der Waals surface area contributed by atoms with E-state index in [1.807, 2.05) is 0 Å². The molecule has 172 valence electrons. The van der Waals surface area contributed by atoms with Crippen molar-refractivity contribution in [3.63, 3.8) is 0 Å². The lowest BCUT2D eigenvalue weighted by Crippen LogP contribution is -2.15. The quantitative estimate of drug-likeness (QED) is 0.157. The molecule has 33 heavy (non-hydrogen) atoms. The fraction of sp³-hybridized carbons (Fsp3) is 0.375. The zero-order valence-electron chi connectivity index (χ0n) is 20.7. The van der Waals surface area contributed by atoms with E-state index in [2.05, 4.69) is 87.5 Å². The lowest BCUT2D eigenvalue weighted by atomic mass is 9.91. The van der Waals surface area contributed by atoms with Crippen molar-refractivity contribution < 1.29 is 0 Å². The number of aryl methyl sites for hydroxylation is 1. The van der Waals surface area contributed by atoms with Gasteiger partial charge in [0.05, 0.1) is 0 Å². The summed E-state index contributed by atoms with van der Waals surface area (Å²) >= 11 is 0. The van der Waals surface area contributed by atoms with Crippen molar-refractivity contribution in [1.29, 1.82) is 0 Å². The van der Waals surface area contributed by atoms with E-state index < -0.39 is 0 Å². The molecule has 4 rings (SSSR count). The van der Waals surface area contributed by atoms with Crippen LogP contribution < -0.4 is 10.6 Å². The lowest BCUT2D eigenvalue weighted by Gasteiger charge is -2.20. The van der Waals surface area contributed by atoms with Crippen LogP contribution in [-0.2, 0) is 19.3 Å². The minimum Gasteiger partial charge on any atom is -0.0654 e.